The summed E-state index contributed by atoms with van der Waals surface area (Å²) in [6, 6.07) is 6.40. The third kappa shape index (κ3) is 4.50. The van der Waals surface area contributed by atoms with E-state index in [1.54, 1.807) is 0 Å². The predicted molar refractivity (Wildman–Crippen MR) is 117 cm³/mol. The van der Waals surface area contributed by atoms with Crippen LogP contribution < -0.4 is 16.4 Å². The summed E-state index contributed by atoms with van der Waals surface area (Å²) in [7, 11) is 0. The van der Waals surface area contributed by atoms with Crippen LogP contribution in [0.25, 0.3) is 10.9 Å². The zero-order valence-corrected chi connectivity index (χ0v) is 16.6. The zero-order valence-electron chi connectivity index (χ0n) is 16.6. The Kier molecular flexibility index (Phi) is 6.50. The molecule has 6 heteroatoms. The second-order valence-electron chi connectivity index (χ2n) is 7.24. The van der Waals surface area contributed by atoms with Gasteiger partial charge in [0.05, 0.1) is 11.2 Å². The average Bonchev–Trinajstić information content (AvgIpc) is 2.68. The number of aromatic nitrogens is 1. The monoisotopic (exact) mass is 368 g/mol. The van der Waals surface area contributed by atoms with Crippen LogP contribution in [0.3, 0.4) is 0 Å². The van der Waals surface area contributed by atoms with E-state index in [2.05, 4.69) is 51.8 Å². The fraction of sp³-hybridized carbons (Fsp3) is 0.524. The van der Waals surface area contributed by atoms with Crippen LogP contribution in [0.1, 0.15) is 38.7 Å². The first-order chi connectivity index (χ1) is 13.1. The molecule has 1 fully saturated rings. The van der Waals surface area contributed by atoms with Crippen LogP contribution >= 0.6 is 0 Å². The van der Waals surface area contributed by atoms with Crippen molar-refractivity contribution in [3.8, 4) is 0 Å². The summed E-state index contributed by atoms with van der Waals surface area (Å²) >= 11 is 0. The molecule has 1 aliphatic rings. The summed E-state index contributed by atoms with van der Waals surface area (Å²) < 4.78 is 0. The predicted octanol–water partition coefficient (Wildman–Crippen LogP) is 3.15. The van der Waals surface area contributed by atoms with Gasteiger partial charge in [0.25, 0.3) is 0 Å². The molecular formula is C21H32N6. The van der Waals surface area contributed by atoms with Crippen LogP contribution in [0, 0.1) is 0 Å². The third-order valence-corrected chi connectivity index (χ3v) is 5.22. The highest BCUT2D eigenvalue weighted by Gasteiger charge is 2.18. The largest absolute Gasteiger partial charge is 0.395 e. The summed E-state index contributed by atoms with van der Waals surface area (Å²) in [6.07, 6.45) is 5.27. The lowest BCUT2D eigenvalue weighted by Crippen LogP contribution is -2.46. The maximum atomic E-state index is 6.19. The number of nitrogens with zero attached hydrogens (tertiary/aromatic N) is 4. The Balaban J connectivity index is 1.85. The first-order valence-electron chi connectivity index (χ1n) is 10.1. The molecule has 0 spiro atoms. The number of anilines is 3. The number of hydrogen-bond acceptors (Lipinski definition) is 6. The van der Waals surface area contributed by atoms with Crippen molar-refractivity contribution in [1.29, 1.82) is 0 Å². The minimum absolute atomic E-state index is 0.379. The number of fused-ring (bicyclic) bond motifs is 1. The van der Waals surface area contributed by atoms with Gasteiger partial charge >= 0.3 is 0 Å². The Labute approximate surface area is 162 Å². The fourth-order valence-corrected chi connectivity index (χ4v) is 3.60. The molecule has 0 radical (unpaired) electrons. The summed E-state index contributed by atoms with van der Waals surface area (Å²) in [6.45, 7) is 10.7. The molecule has 0 bridgehead atoms. The number of benzene rings is 1. The van der Waals surface area contributed by atoms with E-state index in [-0.39, 0.29) is 0 Å². The first-order valence-corrected chi connectivity index (χ1v) is 10.1. The molecule has 2 aromatic rings. The molecule has 1 aromatic carbocycles. The second-order valence-corrected chi connectivity index (χ2v) is 7.24. The van der Waals surface area contributed by atoms with Crippen molar-refractivity contribution < 1.29 is 0 Å². The number of pyridine rings is 1. The third-order valence-electron chi connectivity index (χ3n) is 5.22. The molecular weight excluding hydrogens is 336 g/mol. The molecule has 0 atom stereocenters. The second kappa shape index (κ2) is 9.04. The van der Waals surface area contributed by atoms with Gasteiger partial charge in [0.15, 0.2) is 0 Å². The smallest absolute Gasteiger partial charge is 0.148 e. The molecule has 1 aromatic heterocycles. The highest BCUT2D eigenvalue weighted by Crippen LogP contribution is 2.29. The van der Waals surface area contributed by atoms with Gasteiger partial charge in [0.1, 0.15) is 5.82 Å². The number of aliphatic imine (C=N–C) groups is 1. The van der Waals surface area contributed by atoms with E-state index in [1.807, 2.05) is 6.21 Å². The molecule has 4 N–H and O–H groups in total. The Bertz CT molecular complexity index is 793. The van der Waals surface area contributed by atoms with Gasteiger partial charge in [-0.15, -0.1) is 0 Å². The molecule has 0 aliphatic carbocycles. The molecule has 146 valence electrons. The molecule has 1 aliphatic heterocycles. The quantitative estimate of drug-likeness (QED) is 0.579. The maximum absolute atomic E-state index is 6.19. The number of unbranched alkanes of at least 4 members (excludes halogenated alkanes) is 1. The van der Waals surface area contributed by atoms with Crippen LogP contribution in [0.2, 0.25) is 0 Å². The lowest BCUT2D eigenvalue weighted by Gasteiger charge is -2.36. The molecule has 0 saturated carbocycles. The Morgan fingerprint density at radius 1 is 1.11 bits per heavy atom. The Hall–Kier alpha value is -2.34. The molecule has 6 nitrogen and oxygen atoms in total. The van der Waals surface area contributed by atoms with Crippen LogP contribution in [0.4, 0.5) is 17.2 Å². The molecule has 3 rings (SSSR count). The van der Waals surface area contributed by atoms with Gasteiger partial charge in [-0.3, -0.25) is 9.89 Å². The highest BCUT2D eigenvalue weighted by molar-refractivity contribution is 6.06. The number of hydrogen-bond donors (Lipinski definition) is 2. The van der Waals surface area contributed by atoms with Crippen LogP contribution in [0.5, 0.6) is 0 Å². The number of nitrogen functional groups attached to an aromatic ring is 2. The molecule has 0 unspecified atom stereocenters. The van der Waals surface area contributed by atoms with E-state index in [0.717, 1.165) is 62.0 Å². The topological polar surface area (TPSA) is 83.8 Å². The SMILES string of the molecule is CCCCN=Cc1c(N)c(N)nc2cc(N3CCN(CCC)CC3)ccc12. The van der Waals surface area contributed by atoms with Crippen molar-refractivity contribution >= 4 is 34.3 Å². The minimum atomic E-state index is 0.379. The molecule has 27 heavy (non-hydrogen) atoms. The number of nitrogens with two attached hydrogens (primary N) is 2. The van der Waals surface area contributed by atoms with Crippen LogP contribution in [0.15, 0.2) is 23.2 Å². The maximum Gasteiger partial charge on any atom is 0.148 e. The van der Waals surface area contributed by atoms with Crippen LogP contribution in [-0.2, 0) is 0 Å². The first kappa shape index (κ1) is 19.4. The molecule has 0 amide bonds. The van der Waals surface area contributed by atoms with Crippen molar-refractivity contribution in [2.24, 2.45) is 4.99 Å². The van der Waals surface area contributed by atoms with Gasteiger partial charge < -0.3 is 16.4 Å². The van der Waals surface area contributed by atoms with Crippen molar-refractivity contribution in [2.45, 2.75) is 33.1 Å². The van der Waals surface area contributed by atoms with E-state index >= 15 is 0 Å². The number of piperazine rings is 1. The van der Waals surface area contributed by atoms with Crippen LogP contribution in [-0.4, -0.2) is 55.4 Å². The Morgan fingerprint density at radius 2 is 1.89 bits per heavy atom. The molecule has 1 saturated heterocycles. The van der Waals surface area contributed by atoms with E-state index in [9.17, 15) is 0 Å². The number of rotatable bonds is 7. The van der Waals surface area contributed by atoms with Crippen molar-refractivity contribution in [2.75, 3.05) is 55.6 Å². The summed E-state index contributed by atoms with van der Waals surface area (Å²) in [4.78, 5) is 14.0. The van der Waals surface area contributed by atoms with E-state index < -0.39 is 0 Å². The van der Waals surface area contributed by atoms with Crippen molar-refractivity contribution in [1.82, 2.24) is 9.88 Å². The lowest BCUT2D eigenvalue weighted by molar-refractivity contribution is 0.258. The standard InChI is InChI=1S/C21H32N6/c1-3-5-8-24-15-18-17-7-6-16(14-19(17)25-21(23)20(18)22)27-12-10-26(9-4-2)11-13-27/h6-7,14-15H,3-5,8-13,22H2,1-2H3,(H2,23,25). The van der Waals surface area contributed by atoms with Gasteiger partial charge in [0, 0.05) is 55.6 Å². The summed E-state index contributed by atoms with van der Waals surface area (Å²) in [5.74, 6) is 0.379. The Morgan fingerprint density at radius 3 is 2.59 bits per heavy atom. The normalized spacial score (nSPS) is 15.9. The zero-order chi connectivity index (χ0) is 19.2. The lowest BCUT2D eigenvalue weighted by atomic mass is 10.1. The van der Waals surface area contributed by atoms with Gasteiger partial charge in [-0.25, -0.2) is 4.98 Å². The molecule has 2 heterocycles. The van der Waals surface area contributed by atoms with E-state index in [1.165, 1.54) is 18.7 Å². The summed E-state index contributed by atoms with van der Waals surface area (Å²) in [5, 5.41) is 1.01. The van der Waals surface area contributed by atoms with Gasteiger partial charge in [0.2, 0.25) is 0 Å². The van der Waals surface area contributed by atoms with Crippen molar-refractivity contribution in [3.63, 3.8) is 0 Å². The van der Waals surface area contributed by atoms with Gasteiger partial charge in [-0.2, -0.15) is 0 Å². The fourth-order valence-electron chi connectivity index (χ4n) is 3.60. The summed E-state index contributed by atoms with van der Waals surface area (Å²) in [5.41, 5.74) is 15.8. The minimum Gasteiger partial charge on any atom is -0.395 e. The van der Waals surface area contributed by atoms with Gasteiger partial charge in [-0.05, 0) is 31.5 Å². The van der Waals surface area contributed by atoms with Gasteiger partial charge in [-0.1, -0.05) is 26.3 Å². The van der Waals surface area contributed by atoms with Crippen molar-refractivity contribution in [3.05, 3.63) is 23.8 Å². The average molecular weight is 369 g/mol. The van der Waals surface area contributed by atoms with E-state index in [4.69, 9.17) is 11.5 Å². The highest BCUT2D eigenvalue weighted by atomic mass is 15.3. The van der Waals surface area contributed by atoms with E-state index in [0.29, 0.717) is 11.5 Å².